The Morgan fingerprint density at radius 2 is 2.00 bits per heavy atom. The number of carbonyl (C=O) groups is 1. The number of aliphatic imine (C=N–C) groups is 1. The lowest BCUT2D eigenvalue weighted by molar-refractivity contribution is -0.123. The Hall–Kier alpha value is -2.02. The van der Waals surface area contributed by atoms with Crippen LogP contribution in [0.5, 0.6) is 0 Å². The lowest BCUT2D eigenvalue weighted by Crippen LogP contribution is -2.55. The number of rotatable bonds is 7. The minimum atomic E-state index is 0.111. The summed E-state index contributed by atoms with van der Waals surface area (Å²) in [6, 6.07) is 4.65. The molecule has 2 aliphatic rings. The second kappa shape index (κ2) is 10.5. The molecule has 1 saturated heterocycles. The summed E-state index contributed by atoms with van der Waals surface area (Å²) < 4.78 is 5.42. The predicted molar refractivity (Wildman–Crippen MR) is 111 cm³/mol. The second-order valence-electron chi connectivity index (χ2n) is 8.15. The number of nitrogens with one attached hydrogen (secondary N) is 2. The molecule has 0 bridgehead atoms. The van der Waals surface area contributed by atoms with Crippen LogP contribution in [0.4, 0.5) is 0 Å². The molecule has 0 atom stereocenters. The molecule has 7 nitrogen and oxygen atoms in total. The summed E-state index contributed by atoms with van der Waals surface area (Å²) in [5.41, 5.74) is 0. The molecule has 1 aromatic heterocycles. The van der Waals surface area contributed by atoms with Crippen LogP contribution in [0.2, 0.25) is 0 Å². The third kappa shape index (κ3) is 6.55. The molecule has 1 aliphatic heterocycles. The highest BCUT2D eigenvalue weighted by Gasteiger charge is 2.24. The first-order valence-electron chi connectivity index (χ1n) is 10.7. The first kappa shape index (κ1) is 20.7. The Morgan fingerprint density at radius 3 is 2.64 bits per heavy atom. The maximum absolute atomic E-state index is 12.0. The summed E-state index contributed by atoms with van der Waals surface area (Å²) >= 11 is 0. The van der Waals surface area contributed by atoms with Gasteiger partial charge < -0.3 is 20.0 Å². The van der Waals surface area contributed by atoms with Crippen LogP contribution >= 0.6 is 0 Å². The van der Waals surface area contributed by atoms with E-state index >= 15 is 0 Å². The zero-order valence-corrected chi connectivity index (χ0v) is 17.3. The molecule has 0 unspecified atom stereocenters. The topological polar surface area (TPSA) is 73.1 Å². The van der Waals surface area contributed by atoms with Gasteiger partial charge in [-0.05, 0) is 38.8 Å². The van der Waals surface area contributed by atoms with Crippen molar-refractivity contribution in [2.75, 3.05) is 39.3 Å². The van der Waals surface area contributed by atoms with Crippen LogP contribution in [0.25, 0.3) is 0 Å². The van der Waals surface area contributed by atoms with Gasteiger partial charge in [0.2, 0.25) is 5.91 Å². The molecule has 0 spiro atoms. The minimum absolute atomic E-state index is 0.111. The molecular weight excluding hydrogens is 354 g/mol. The van der Waals surface area contributed by atoms with Gasteiger partial charge in [-0.25, -0.2) is 0 Å². The van der Waals surface area contributed by atoms with E-state index in [1.807, 2.05) is 26.0 Å². The third-order valence-electron chi connectivity index (χ3n) is 5.38. The molecule has 3 rings (SSSR count). The highest BCUT2D eigenvalue weighted by Crippen LogP contribution is 2.18. The minimum Gasteiger partial charge on any atom is -0.469 e. The van der Waals surface area contributed by atoms with Crippen LogP contribution in [-0.2, 0) is 11.2 Å². The average Bonchev–Trinajstić information content (AvgIpc) is 3.35. The van der Waals surface area contributed by atoms with Crippen LogP contribution in [0.1, 0.15) is 45.3 Å². The Bertz CT molecular complexity index is 615. The molecule has 1 saturated carbocycles. The van der Waals surface area contributed by atoms with Gasteiger partial charge in [-0.3, -0.25) is 14.7 Å². The Labute approximate surface area is 168 Å². The van der Waals surface area contributed by atoms with Gasteiger partial charge in [0.25, 0.3) is 0 Å². The molecule has 7 heteroatoms. The Kier molecular flexibility index (Phi) is 7.77. The van der Waals surface area contributed by atoms with E-state index in [9.17, 15) is 4.79 Å². The highest BCUT2D eigenvalue weighted by atomic mass is 16.3. The largest absolute Gasteiger partial charge is 0.469 e. The van der Waals surface area contributed by atoms with Crippen molar-refractivity contribution >= 4 is 11.9 Å². The van der Waals surface area contributed by atoms with Crippen molar-refractivity contribution < 1.29 is 9.21 Å². The summed E-state index contributed by atoms with van der Waals surface area (Å²) in [5.74, 6) is 2.11. The van der Waals surface area contributed by atoms with Gasteiger partial charge >= 0.3 is 0 Å². The maximum atomic E-state index is 12.0. The zero-order valence-electron chi connectivity index (χ0n) is 17.3. The number of guanidine groups is 1. The van der Waals surface area contributed by atoms with Crippen molar-refractivity contribution in [3.05, 3.63) is 24.2 Å². The van der Waals surface area contributed by atoms with Gasteiger partial charge in [0.15, 0.2) is 5.96 Å². The normalized spacial score (nSPS) is 19.4. The molecule has 28 heavy (non-hydrogen) atoms. The van der Waals surface area contributed by atoms with Crippen LogP contribution in [-0.4, -0.2) is 73.0 Å². The smallest absolute Gasteiger partial charge is 0.234 e. The van der Waals surface area contributed by atoms with Gasteiger partial charge in [0.05, 0.1) is 12.8 Å². The van der Waals surface area contributed by atoms with E-state index in [1.165, 1.54) is 25.7 Å². The van der Waals surface area contributed by atoms with E-state index in [1.54, 1.807) is 6.26 Å². The van der Waals surface area contributed by atoms with Crippen molar-refractivity contribution in [3.8, 4) is 0 Å². The number of hydrogen-bond acceptors (Lipinski definition) is 4. The van der Waals surface area contributed by atoms with E-state index < -0.39 is 0 Å². The van der Waals surface area contributed by atoms with Gasteiger partial charge in [-0.2, -0.15) is 0 Å². The SMILES string of the molecule is CC(C)NC(=O)CN1CCN(C(=NCCc2ccco2)NC2CCCC2)CC1. The monoisotopic (exact) mass is 389 g/mol. The van der Waals surface area contributed by atoms with Crippen LogP contribution in [0.15, 0.2) is 27.8 Å². The fourth-order valence-electron chi connectivity index (χ4n) is 3.90. The molecule has 1 aliphatic carbocycles. The summed E-state index contributed by atoms with van der Waals surface area (Å²) in [6.45, 7) is 8.76. The van der Waals surface area contributed by atoms with Crippen molar-refractivity contribution in [2.24, 2.45) is 4.99 Å². The van der Waals surface area contributed by atoms with Crippen molar-refractivity contribution in [1.82, 2.24) is 20.4 Å². The van der Waals surface area contributed by atoms with E-state index in [0.29, 0.717) is 12.6 Å². The molecule has 0 radical (unpaired) electrons. The van der Waals surface area contributed by atoms with E-state index in [-0.39, 0.29) is 11.9 Å². The quantitative estimate of drug-likeness (QED) is 0.550. The van der Waals surface area contributed by atoms with Crippen molar-refractivity contribution in [1.29, 1.82) is 0 Å². The van der Waals surface area contributed by atoms with Crippen LogP contribution in [0.3, 0.4) is 0 Å². The average molecular weight is 390 g/mol. The first-order valence-corrected chi connectivity index (χ1v) is 10.7. The Balaban J connectivity index is 1.52. The lowest BCUT2D eigenvalue weighted by atomic mass is 10.2. The first-order chi connectivity index (χ1) is 13.6. The maximum Gasteiger partial charge on any atom is 0.234 e. The predicted octanol–water partition coefficient (Wildman–Crippen LogP) is 1.85. The van der Waals surface area contributed by atoms with Crippen molar-refractivity contribution in [3.63, 3.8) is 0 Å². The number of piperazine rings is 1. The van der Waals surface area contributed by atoms with Gasteiger partial charge in [-0.1, -0.05) is 12.8 Å². The third-order valence-corrected chi connectivity index (χ3v) is 5.38. The zero-order chi connectivity index (χ0) is 19.8. The summed E-state index contributed by atoms with van der Waals surface area (Å²) in [5, 5.41) is 6.67. The fourth-order valence-corrected chi connectivity index (χ4v) is 3.90. The summed E-state index contributed by atoms with van der Waals surface area (Å²) in [6.07, 6.45) is 7.59. The van der Waals surface area contributed by atoms with Crippen LogP contribution in [0, 0.1) is 0 Å². The van der Waals surface area contributed by atoms with E-state index in [4.69, 9.17) is 9.41 Å². The Morgan fingerprint density at radius 1 is 1.25 bits per heavy atom. The number of furan rings is 1. The molecule has 1 amide bonds. The lowest BCUT2D eigenvalue weighted by Gasteiger charge is -2.37. The second-order valence-corrected chi connectivity index (χ2v) is 8.15. The number of amides is 1. The van der Waals surface area contributed by atoms with E-state index in [2.05, 4.69) is 20.4 Å². The molecule has 2 heterocycles. The summed E-state index contributed by atoms with van der Waals surface area (Å²) in [4.78, 5) is 21.5. The molecule has 156 valence electrons. The molecule has 0 aromatic carbocycles. The molecule has 2 fully saturated rings. The molecular formula is C21H35N5O2. The van der Waals surface area contributed by atoms with Gasteiger partial charge in [0.1, 0.15) is 5.76 Å². The van der Waals surface area contributed by atoms with Crippen LogP contribution < -0.4 is 10.6 Å². The molecule has 2 N–H and O–H groups in total. The van der Waals surface area contributed by atoms with E-state index in [0.717, 1.165) is 50.9 Å². The number of carbonyl (C=O) groups excluding carboxylic acids is 1. The van der Waals surface area contributed by atoms with Gasteiger partial charge in [0, 0.05) is 51.2 Å². The number of hydrogen-bond donors (Lipinski definition) is 2. The highest BCUT2D eigenvalue weighted by molar-refractivity contribution is 5.81. The summed E-state index contributed by atoms with van der Waals surface area (Å²) in [7, 11) is 0. The molecule has 1 aromatic rings. The van der Waals surface area contributed by atoms with Gasteiger partial charge in [-0.15, -0.1) is 0 Å². The fraction of sp³-hybridized carbons (Fsp3) is 0.714. The van der Waals surface area contributed by atoms with Crippen molar-refractivity contribution in [2.45, 2.75) is 58.0 Å². The number of nitrogens with zero attached hydrogens (tertiary/aromatic N) is 3. The standard InChI is InChI=1S/C21H35N5O2/c1-17(2)23-20(27)16-25-11-13-26(14-12-25)21(24-18-6-3-4-7-18)22-10-9-19-8-5-15-28-19/h5,8,15,17-18H,3-4,6-7,9-14,16H2,1-2H3,(H,22,24)(H,23,27).